The summed E-state index contributed by atoms with van der Waals surface area (Å²) in [6.07, 6.45) is 0.879. The van der Waals surface area contributed by atoms with Gasteiger partial charge in [0.25, 0.3) is 5.56 Å². The van der Waals surface area contributed by atoms with Crippen molar-refractivity contribution in [2.45, 2.75) is 20.3 Å². The highest BCUT2D eigenvalue weighted by Gasteiger charge is 2.10. The van der Waals surface area contributed by atoms with Crippen LogP contribution >= 0.6 is 0 Å². The van der Waals surface area contributed by atoms with Crippen molar-refractivity contribution in [2.24, 2.45) is 0 Å². The van der Waals surface area contributed by atoms with Crippen LogP contribution in [-0.4, -0.2) is 22.5 Å². The second kappa shape index (κ2) is 6.69. The summed E-state index contributed by atoms with van der Waals surface area (Å²) in [5.41, 5.74) is 0.337. The van der Waals surface area contributed by atoms with Crippen molar-refractivity contribution in [3.8, 4) is 17.1 Å². The average Bonchev–Trinajstić information content (AvgIpc) is 2.44. The van der Waals surface area contributed by atoms with Gasteiger partial charge in [0, 0.05) is 13.0 Å². The first kappa shape index (κ1) is 14.8. The fourth-order valence-corrected chi connectivity index (χ4v) is 1.83. The third-order valence-corrected chi connectivity index (χ3v) is 2.65. The van der Waals surface area contributed by atoms with E-state index >= 15 is 0 Å². The van der Waals surface area contributed by atoms with Crippen LogP contribution in [0.25, 0.3) is 11.4 Å². The van der Waals surface area contributed by atoms with E-state index in [1.165, 1.54) is 13.0 Å². The number of aromatic amines is 1. The van der Waals surface area contributed by atoms with Crippen LogP contribution in [0.1, 0.15) is 20.3 Å². The van der Waals surface area contributed by atoms with E-state index in [-0.39, 0.29) is 17.3 Å². The Kier molecular flexibility index (Phi) is 4.71. The molecular formula is C15H17N3O3. The second-order valence-corrected chi connectivity index (χ2v) is 4.51. The van der Waals surface area contributed by atoms with Crippen molar-refractivity contribution in [1.82, 2.24) is 9.97 Å². The molecule has 0 unspecified atom stereocenters. The highest BCUT2D eigenvalue weighted by atomic mass is 16.5. The van der Waals surface area contributed by atoms with Gasteiger partial charge in [0.15, 0.2) is 0 Å². The summed E-state index contributed by atoms with van der Waals surface area (Å²) in [6, 6.07) is 8.54. The molecule has 0 saturated carbocycles. The number of hydrogen-bond acceptors (Lipinski definition) is 4. The molecule has 6 heteroatoms. The molecule has 1 aromatic heterocycles. The number of ether oxygens (including phenoxy) is 1. The summed E-state index contributed by atoms with van der Waals surface area (Å²) in [5.74, 6) is 0.932. The summed E-state index contributed by atoms with van der Waals surface area (Å²) in [4.78, 5) is 29.7. The Labute approximate surface area is 122 Å². The Bertz CT molecular complexity index is 695. The van der Waals surface area contributed by atoms with Crippen LogP contribution in [0.2, 0.25) is 0 Å². The van der Waals surface area contributed by atoms with Gasteiger partial charge < -0.3 is 15.0 Å². The Balaban J connectivity index is 2.44. The van der Waals surface area contributed by atoms with Crippen LogP contribution in [0.15, 0.2) is 35.1 Å². The highest BCUT2D eigenvalue weighted by Crippen LogP contribution is 2.27. The van der Waals surface area contributed by atoms with Crippen LogP contribution < -0.4 is 15.6 Å². The van der Waals surface area contributed by atoms with Crippen LogP contribution in [0.4, 0.5) is 5.82 Å². The summed E-state index contributed by atoms with van der Waals surface area (Å²) >= 11 is 0. The number of amides is 1. The molecule has 0 bridgehead atoms. The van der Waals surface area contributed by atoms with Crippen molar-refractivity contribution in [3.05, 3.63) is 40.7 Å². The van der Waals surface area contributed by atoms with Crippen LogP contribution in [0, 0.1) is 0 Å². The average molecular weight is 287 g/mol. The van der Waals surface area contributed by atoms with E-state index < -0.39 is 0 Å². The van der Waals surface area contributed by atoms with Gasteiger partial charge in [-0.25, -0.2) is 4.98 Å². The van der Waals surface area contributed by atoms with Gasteiger partial charge in [-0.2, -0.15) is 0 Å². The monoisotopic (exact) mass is 287 g/mol. The van der Waals surface area contributed by atoms with E-state index in [0.717, 1.165) is 6.42 Å². The zero-order valence-electron chi connectivity index (χ0n) is 12.0. The Hall–Kier alpha value is -2.63. The number of carbonyl (C=O) groups is 1. The number of nitrogens with one attached hydrogen (secondary N) is 2. The van der Waals surface area contributed by atoms with Gasteiger partial charge in [-0.1, -0.05) is 19.1 Å². The molecule has 2 N–H and O–H groups in total. The lowest BCUT2D eigenvalue weighted by atomic mass is 10.2. The molecule has 0 aliphatic carbocycles. The van der Waals surface area contributed by atoms with Crippen LogP contribution in [0.5, 0.6) is 5.75 Å². The molecule has 1 heterocycles. The van der Waals surface area contributed by atoms with Crippen LogP contribution in [0.3, 0.4) is 0 Å². The fourth-order valence-electron chi connectivity index (χ4n) is 1.83. The minimum absolute atomic E-state index is 0.214. The first-order chi connectivity index (χ1) is 10.1. The molecule has 6 nitrogen and oxygen atoms in total. The van der Waals surface area contributed by atoms with Gasteiger partial charge in [-0.3, -0.25) is 9.59 Å². The summed E-state index contributed by atoms with van der Waals surface area (Å²) in [6.45, 7) is 3.95. The molecule has 0 aliphatic heterocycles. The molecule has 0 aliphatic rings. The lowest BCUT2D eigenvalue weighted by Crippen LogP contribution is -2.14. The van der Waals surface area contributed by atoms with Gasteiger partial charge in [0.1, 0.15) is 17.4 Å². The van der Waals surface area contributed by atoms with Crippen molar-refractivity contribution >= 4 is 11.7 Å². The molecule has 1 aromatic carbocycles. The fraction of sp³-hybridized carbons (Fsp3) is 0.267. The maximum absolute atomic E-state index is 11.7. The third kappa shape index (κ3) is 3.92. The van der Waals surface area contributed by atoms with Crippen LogP contribution in [-0.2, 0) is 4.79 Å². The molecule has 2 aromatic rings. The molecule has 21 heavy (non-hydrogen) atoms. The SMILES string of the molecule is CCCOc1ccccc1-c1nc(NC(C)=O)cc(=O)[nH]1. The first-order valence-electron chi connectivity index (χ1n) is 6.71. The largest absolute Gasteiger partial charge is 0.493 e. The minimum atomic E-state index is -0.339. The zero-order valence-corrected chi connectivity index (χ0v) is 12.0. The van der Waals surface area contributed by atoms with Crippen molar-refractivity contribution in [1.29, 1.82) is 0 Å². The molecule has 2 rings (SSSR count). The number of para-hydroxylation sites is 1. The molecule has 0 fully saturated rings. The molecule has 0 saturated heterocycles. The van der Waals surface area contributed by atoms with E-state index in [1.807, 2.05) is 25.1 Å². The topological polar surface area (TPSA) is 84.1 Å². The van der Waals surface area contributed by atoms with Crippen molar-refractivity contribution in [2.75, 3.05) is 11.9 Å². The number of anilines is 1. The molecular weight excluding hydrogens is 270 g/mol. The molecule has 1 amide bonds. The predicted molar refractivity (Wildman–Crippen MR) is 80.4 cm³/mol. The molecule has 0 spiro atoms. The zero-order chi connectivity index (χ0) is 15.2. The minimum Gasteiger partial charge on any atom is -0.493 e. The van der Waals surface area contributed by atoms with Gasteiger partial charge in [-0.15, -0.1) is 0 Å². The van der Waals surface area contributed by atoms with E-state index in [9.17, 15) is 9.59 Å². The Morgan fingerprint density at radius 1 is 1.38 bits per heavy atom. The lowest BCUT2D eigenvalue weighted by molar-refractivity contribution is -0.114. The lowest BCUT2D eigenvalue weighted by Gasteiger charge is -2.11. The van der Waals surface area contributed by atoms with Gasteiger partial charge in [0.2, 0.25) is 5.91 Å². The molecule has 110 valence electrons. The Morgan fingerprint density at radius 3 is 2.86 bits per heavy atom. The number of rotatable bonds is 5. The van der Waals surface area contributed by atoms with E-state index in [0.29, 0.717) is 23.7 Å². The van der Waals surface area contributed by atoms with Crippen molar-refractivity contribution in [3.63, 3.8) is 0 Å². The number of benzene rings is 1. The van der Waals surface area contributed by atoms with E-state index in [4.69, 9.17) is 4.74 Å². The number of nitrogens with zero attached hydrogens (tertiary/aromatic N) is 1. The number of hydrogen-bond donors (Lipinski definition) is 2. The normalized spacial score (nSPS) is 10.2. The molecule has 0 radical (unpaired) electrons. The maximum atomic E-state index is 11.7. The molecule has 0 atom stereocenters. The van der Waals surface area contributed by atoms with Gasteiger partial charge in [-0.05, 0) is 18.6 Å². The quantitative estimate of drug-likeness (QED) is 0.882. The predicted octanol–water partition coefficient (Wildman–Crippen LogP) is 2.18. The Morgan fingerprint density at radius 2 is 2.14 bits per heavy atom. The van der Waals surface area contributed by atoms with E-state index in [1.54, 1.807) is 6.07 Å². The summed E-state index contributed by atoms with van der Waals surface area (Å²) < 4.78 is 5.65. The summed E-state index contributed by atoms with van der Waals surface area (Å²) in [7, 11) is 0. The highest BCUT2D eigenvalue weighted by molar-refractivity contribution is 5.87. The first-order valence-corrected chi connectivity index (χ1v) is 6.71. The third-order valence-electron chi connectivity index (χ3n) is 2.65. The van der Waals surface area contributed by atoms with Gasteiger partial charge >= 0.3 is 0 Å². The smallest absolute Gasteiger partial charge is 0.253 e. The van der Waals surface area contributed by atoms with Gasteiger partial charge in [0.05, 0.1) is 12.2 Å². The van der Waals surface area contributed by atoms with Crippen molar-refractivity contribution < 1.29 is 9.53 Å². The number of aromatic nitrogens is 2. The second-order valence-electron chi connectivity index (χ2n) is 4.51. The number of H-pyrrole nitrogens is 1. The number of carbonyl (C=O) groups excluding carboxylic acids is 1. The standard InChI is InChI=1S/C15H17N3O3/c1-3-8-21-12-7-5-4-6-11(12)15-17-13(16-10(2)19)9-14(20)18-15/h4-7,9H,3,8H2,1-2H3,(H2,16,17,18,19,20). The summed E-state index contributed by atoms with van der Waals surface area (Å²) in [5, 5.41) is 2.51. The van der Waals surface area contributed by atoms with E-state index in [2.05, 4.69) is 15.3 Å². The maximum Gasteiger partial charge on any atom is 0.253 e.